The summed E-state index contributed by atoms with van der Waals surface area (Å²) in [5, 5.41) is 9.96. The number of fused-ring (bicyclic) bond motifs is 1. The SMILES string of the molecule is O=C(NCc1nnc2cc(C(F)(F)F)ccn12)c1cc[nH]c(=O)c1. The number of nitrogens with one attached hydrogen (secondary N) is 2. The van der Waals surface area contributed by atoms with Gasteiger partial charge in [-0.3, -0.25) is 14.0 Å². The van der Waals surface area contributed by atoms with Crippen molar-refractivity contribution >= 4 is 11.6 Å². The number of H-pyrrole nitrogens is 1. The molecule has 0 atom stereocenters. The number of aromatic nitrogens is 4. The average Bonchev–Trinajstić information content (AvgIpc) is 2.94. The van der Waals surface area contributed by atoms with Crippen molar-refractivity contribution in [2.45, 2.75) is 12.7 Å². The predicted molar refractivity (Wildman–Crippen MR) is 76.2 cm³/mol. The second kappa shape index (κ2) is 5.80. The molecule has 0 bridgehead atoms. The Morgan fingerprint density at radius 3 is 2.75 bits per heavy atom. The van der Waals surface area contributed by atoms with Crippen LogP contribution in [0.4, 0.5) is 13.2 Å². The second-order valence-corrected chi connectivity index (χ2v) is 4.88. The molecule has 24 heavy (non-hydrogen) atoms. The highest BCUT2D eigenvalue weighted by Gasteiger charge is 2.31. The number of amides is 1. The van der Waals surface area contributed by atoms with Crippen molar-refractivity contribution in [1.82, 2.24) is 24.9 Å². The van der Waals surface area contributed by atoms with E-state index in [9.17, 15) is 22.8 Å². The monoisotopic (exact) mass is 337 g/mol. The van der Waals surface area contributed by atoms with Gasteiger partial charge in [0.2, 0.25) is 5.56 Å². The van der Waals surface area contributed by atoms with Crippen LogP contribution in [0.2, 0.25) is 0 Å². The number of aromatic amines is 1. The highest BCUT2D eigenvalue weighted by atomic mass is 19.4. The Balaban J connectivity index is 1.78. The Bertz CT molecular complexity index is 961. The van der Waals surface area contributed by atoms with Crippen molar-refractivity contribution < 1.29 is 18.0 Å². The third-order valence-corrected chi connectivity index (χ3v) is 3.25. The molecular formula is C14H10F3N5O2. The van der Waals surface area contributed by atoms with E-state index >= 15 is 0 Å². The molecule has 0 radical (unpaired) electrons. The molecule has 3 aromatic rings. The van der Waals surface area contributed by atoms with E-state index in [0.717, 1.165) is 18.2 Å². The molecule has 0 saturated carbocycles. The van der Waals surface area contributed by atoms with Crippen LogP contribution in [0.15, 0.2) is 41.5 Å². The van der Waals surface area contributed by atoms with Crippen LogP contribution < -0.4 is 10.9 Å². The van der Waals surface area contributed by atoms with E-state index in [1.165, 1.54) is 22.9 Å². The highest BCUT2D eigenvalue weighted by Crippen LogP contribution is 2.29. The molecule has 1 amide bonds. The van der Waals surface area contributed by atoms with Crippen molar-refractivity contribution in [3.8, 4) is 0 Å². The van der Waals surface area contributed by atoms with Gasteiger partial charge in [0.25, 0.3) is 5.91 Å². The van der Waals surface area contributed by atoms with Crippen LogP contribution in [0.25, 0.3) is 5.65 Å². The molecule has 0 saturated heterocycles. The van der Waals surface area contributed by atoms with Crippen molar-refractivity contribution in [2.75, 3.05) is 0 Å². The van der Waals surface area contributed by atoms with E-state index in [1.807, 2.05) is 0 Å². The molecule has 3 rings (SSSR count). The highest BCUT2D eigenvalue weighted by molar-refractivity contribution is 5.93. The molecule has 0 aliphatic heterocycles. The quantitative estimate of drug-likeness (QED) is 0.755. The maximum absolute atomic E-state index is 12.7. The maximum Gasteiger partial charge on any atom is 0.416 e. The first-order chi connectivity index (χ1) is 11.3. The lowest BCUT2D eigenvalue weighted by Crippen LogP contribution is -2.25. The lowest BCUT2D eigenvalue weighted by molar-refractivity contribution is -0.137. The van der Waals surface area contributed by atoms with Crippen molar-refractivity contribution in [3.63, 3.8) is 0 Å². The fourth-order valence-electron chi connectivity index (χ4n) is 2.08. The molecule has 10 heteroatoms. The first-order valence-corrected chi connectivity index (χ1v) is 6.72. The Hall–Kier alpha value is -3.17. The number of halogens is 3. The Labute approximate surface area is 132 Å². The molecular weight excluding hydrogens is 327 g/mol. The molecule has 0 aliphatic carbocycles. The Morgan fingerprint density at radius 1 is 1.25 bits per heavy atom. The van der Waals surface area contributed by atoms with Crippen LogP contribution in [-0.4, -0.2) is 25.5 Å². The summed E-state index contributed by atoms with van der Waals surface area (Å²) in [5.74, 6) is -0.248. The number of rotatable bonds is 3. The summed E-state index contributed by atoms with van der Waals surface area (Å²) < 4.78 is 39.3. The van der Waals surface area contributed by atoms with Gasteiger partial charge >= 0.3 is 6.18 Å². The lowest BCUT2D eigenvalue weighted by atomic mass is 10.2. The lowest BCUT2D eigenvalue weighted by Gasteiger charge is -2.07. The van der Waals surface area contributed by atoms with E-state index in [1.54, 1.807) is 0 Å². The third-order valence-electron chi connectivity index (χ3n) is 3.25. The smallest absolute Gasteiger partial charge is 0.345 e. The van der Waals surface area contributed by atoms with E-state index in [4.69, 9.17) is 0 Å². The van der Waals surface area contributed by atoms with Crippen molar-refractivity contribution in [2.24, 2.45) is 0 Å². The van der Waals surface area contributed by atoms with Gasteiger partial charge in [-0.2, -0.15) is 13.2 Å². The summed E-state index contributed by atoms with van der Waals surface area (Å²) in [5.41, 5.74) is -1.08. The molecule has 3 heterocycles. The average molecular weight is 337 g/mol. The molecule has 0 aliphatic rings. The summed E-state index contributed by atoms with van der Waals surface area (Å²) in [6.45, 7) is -0.0574. The van der Waals surface area contributed by atoms with Crippen LogP contribution in [-0.2, 0) is 12.7 Å². The Morgan fingerprint density at radius 2 is 2.04 bits per heavy atom. The topological polar surface area (TPSA) is 92.2 Å². The summed E-state index contributed by atoms with van der Waals surface area (Å²) in [7, 11) is 0. The number of carbonyl (C=O) groups is 1. The minimum Gasteiger partial charge on any atom is -0.345 e. The van der Waals surface area contributed by atoms with Crippen LogP contribution in [0, 0.1) is 0 Å². The van der Waals surface area contributed by atoms with Gasteiger partial charge in [-0.05, 0) is 18.2 Å². The van der Waals surface area contributed by atoms with Crippen LogP contribution in [0.3, 0.4) is 0 Å². The maximum atomic E-state index is 12.7. The number of alkyl halides is 3. The van der Waals surface area contributed by atoms with E-state index in [2.05, 4.69) is 20.5 Å². The molecule has 3 aromatic heterocycles. The van der Waals surface area contributed by atoms with Crippen LogP contribution in [0.1, 0.15) is 21.7 Å². The van der Waals surface area contributed by atoms with Gasteiger partial charge in [0.05, 0.1) is 12.1 Å². The van der Waals surface area contributed by atoms with E-state index in [0.29, 0.717) is 0 Å². The first-order valence-electron chi connectivity index (χ1n) is 6.72. The zero-order chi connectivity index (χ0) is 17.3. The van der Waals surface area contributed by atoms with Gasteiger partial charge in [-0.1, -0.05) is 0 Å². The van der Waals surface area contributed by atoms with Gasteiger partial charge in [0.1, 0.15) is 0 Å². The molecule has 0 unspecified atom stereocenters. The summed E-state index contributed by atoms with van der Waals surface area (Å²) in [4.78, 5) is 25.5. The fraction of sp³-hybridized carbons (Fsp3) is 0.143. The zero-order valence-corrected chi connectivity index (χ0v) is 12.0. The van der Waals surface area contributed by atoms with Gasteiger partial charge in [0.15, 0.2) is 11.5 Å². The van der Waals surface area contributed by atoms with E-state index < -0.39 is 23.2 Å². The minimum absolute atomic E-state index is 0.0187. The number of nitrogens with zero attached hydrogens (tertiary/aromatic N) is 3. The van der Waals surface area contributed by atoms with Gasteiger partial charge in [-0.25, -0.2) is 0 Å². The Kier molecular flexibility index (Phi) is 3.80. The van der Waals surface area contributed by atoms with Gasteiger partial charge in [-0.15, -0.1) is 10.2 Å². The predicted octanol–water partition coefficient (Wildman–Crippen LogP) is 1.37. The molecule has 0 spiro atoms. The second-order valence-electron chi connectivity index (χ2n) is 4.88. The standard InChI is InChI=1S/C14H10F3N5O2/c15-14(16,17)9-2-4-22-10(6-9)20-21-11(22)7-19-13(24)8-1-3-18-12(23)5-8/h1-6H,7H2,(H,18,23)(H,19,24). The largest absolute Gasteiger partial charge is 0.416 e. The first kappa shape index (κ1) is 15.7. The molecule has 7 nitrogen and oxygen atoms in total. The fourth-order valence-corrected chi connectivity index (χ4v) is 2.08. The summed E-state index contributed by atoms with van der Waals surface area (Å²) >= 11 is 0. The zero-order valence-electron chi connectivity index (χ0n) is 12.0. The van der Waals surface area contributed by atoms with Crippen LogP contribution >= 0.6 is 0 Å². The van der Waals surface area contributed by atoms with Gasteiger partial charge < -0.3 is 10.3 Å². The number of carbonyl (C=O) groups excluding carboxylic acids is 1. The molecule has 124 valence electrons. The van der Waals surface area contributed by atoms with Crippen LogP contribution in [0.5, 0.6) is 0 Å². The normalized spacial score (nSPS) is 11.6. The molecule has 0 aromatic carbocycles. The summed E-state index contributed by atoms with van der Waals surface area (Å²) in [6, 6.07) is 4.33. The van der Waals surface area contributed by atoms with Crippen molar-refractivity contribution in [1.29, 1.82) is 0 Å². The van der Waals surface area contributed by atoms with Gasteiger partial charge in [0, 0.05) is 24.0 Å². The van der Waals surface area contributed by atoms with Crippen molar-refractivity contribution in [3.05, 3.63) is 64.0 Å². The number of pyridine rings is 2. The number of hydrogen-bond acceptors (Lipinski definition) is 4. The molecule has 2 N–H and O–H groups in total. The van der Waals surface area contributed by atoms with E-state index in [-0.39, 0.29) is 23.6 Å². The number of hydrogen-bond donors (Lipinski definition) is 2. The third kappa shape index (κ3) is 3.12. The summed E-state index contributed by atoms with van der Waals surface area (Å²) in [6.07, 6.45) is -1.95. The minimum atomic E-state index is -4.47. The molecule has 0 fully saturated rings.